The van der Waals surface area contributed by atoms with Gasteiger partial charge in [0.15, 0.2) is 6.10 Å². The SMILES string of the molecule is CC(=O)Nc1ccc(NC(=O)[C@@H](C)OC(=O)[C@H]2CC(=O)N(c3ccc(C)cc3)C2)cc1. The summed E-state index contributed by atoms with van der Waals surface area (Å²) >= 11 is 0. The van der Waals surface area contributed by atoms with Gasteiger partial charge >= 0.3 is 5.97 Å². The maximum absolute atomic E-state index is 12.5. The average molecular weight is 423 g/mol. The van der Waals surface area contributed by atoms with Gasteiger partial charge in [-0.05, 0) is 50.2 Å². The molecule has 0 spiro atoms. The smallest absolute Gasteiger partial charge is 0.312 e. The number of ether oxygens (including phenoxy) is 1. The van der Waals surface area contributed by atoms with Crippen molar-refractivity contribution < 1.29 is 23.9 Å². The van der Waals surface area contributed by atoms with Crippen LogP contribution < -0.4 is 15.5 Å². The Labute approximate surface area is 180 Å². The largest absolute Gasteiger partial charge is 0.452 e. The zero-order valence-electron chi connectivity index (χ0n) is 17.7. The van der Waals surface area contributed by atoms with E-state index in [9.17, 15) is 19.2 Å². The molecule has 2 atom stereocenters. The van der Waals surface area contributed by atoms with Crippen molar-refractivity contribution in [1.29, 1.82) is 0 Å². The molecule has 1 aliphatic heterocycles. The third kappa shape index (κ3) is 5.69. The third-order valence-corrected chi connectivity index (χ3v) is 4.94. The van der Waals surface area contributed by atoms with Crippen LogP contribution in [0.3, 0.4) is 0 Å². The predicted molar refractivity (Wildman–Crippen MR) is 117 cm³/mol. The first-order valence-electron chi connectivity index (χ1n) is 9.99. The number of carbonyl (C=O) groups is 4. The zero-order valence-corrected chi connectivity index (χ0v) is 17.7. The molecule has 2 N–H and O–H groups in total. The van der Waals surface area contributed by atoms with Crippen molar-refractivity contribution in [1.82, 2.24) is 0 Å². The van der Waals surface area contributed by atoms with Crippen molar-refractivity contribution in [3.63, 3.8) is 0 Å². The summed E-state index contributed by atoms with van der Waals surface area (Å²) in [5, 5.41) is 5.30. The van der Waals surface area contributed by atoms with E-state index in [2.05, 4.69) is 10.6 Å². The molecule has 8 nitrogen and oxygen atoms in total. The van der Waals surface area contributed by atoms with Crippen LogP contribution in [0, 0.1) is 12.8 Å². The minimum atomic E-state index is -1.02. The monoisotopic (exact) mass is 423 g/mol. The van der Waals surface area contributed by atoms with Gasteiger partial charge < -0.3 is 20.3 Å². The van der Waals surface area contributed by atoms with Crippen molar-refractivity contribution in [2.45, 2.75) is 33.3 Å². The zero-order chi connectivity index (χ0) is 22.5. The Bertz CT molecular complexity index is 985. The Morgan fingerprint density at radius 1 is 1.00 bits per heavy atom. The molecule has 1 heterocycles. The molecule has 162 valence electrons. The molecule has 31 heavy (non-hydrogen) atoms. The van der Waals surface area contributed by atoms with E-state index < -0.39 is 23.9 Å². The first-order chi connectivity index (χ1) is 14.7. The maximum Gasteiger partial charge on any atom is 0.312 e. The molecule has 1 saturated heterocycles. The molecular weight excluding hydrogens is 398 g/mol. The van der Waals surface area contributed by atoms with Crippen LogP contribution in [0.2, 0.25) is 0 Å². The van der Waals surface area contributed by atoms with Gasteiger partial charge in [-0.25, -0.2) is 0 Å². The summed E-state index contributed by atoms with van der Waals surface area (Å²) in [5.41, 5.74) is 2.92. The number of anilines is 3. The fourth-order valence-corrected chi connectivity index (χ4v) is 3.25. The molecular formula is C23H25N3O5. The highest BCUT2D eigenvalue weighted by Gasteiger charge is 2.37. The van der Waals surface area contributed by atoms with Crippen LogP contribution in [0.5, 0.6) is 0 Å². The van der Waals surface area contributed by atoms with Crippen LogP contribution in [-0.4, -0.2) is 36.3 Å². The molecule has 0 bridgehead atoms. The number of benzene rings is 2. The average Bonchev–Trinajstić information content (AvgIpc) is 3.11. The van der Waals surface area contributed by atoms with Gasteiger partial charge in [0, 0.05) is 37.0 Å². The molecule has 0 aliphatic carbocycles. The van der Waals surface area contributed by atoms with Crippen molar-refractivity contribution in [2.24, 2.45) is 5.92 Å². The predicted octanol–water partition coefficient (Wildman–Crippen LogP) is 2.88. The lowest BCUT2D eigenvalue weighted by atomic mass is 10.1. The fraction of sp³-hybridized carbons (Fsp3) is 0.304. The molecule has 8 heteroatoms. The number of nitrogens with one attached hydrogen (secondary N) is 2. The summed E-state index contributed by atoms with van der Waals surface area (Å²) in [5.74, 6) is -2.03. The molecule has 3 amide bonds. The number of rotatable bonds is 6. The third-order valence-electron chi connectivity index (χ3n) is 4.94. The Balaban J connectivity index is 1.53. The molecule has 0 unspecified atom stereocenters. The highest BCUT2D eigenvalue weighted by molar-refractivity contribution is 6.00. The van der Waals surface area contributed by atoms with E-state index in [-0.39, 0.29) is 24.8 Å². The Kier molecular flexibility index (Phi) is 6.69. The molecule has 2 aromatic rings. The lowest BCUT2D eigenvalue weighted by Crippen LogP contribution is -2.33. The van der Waals surface area contributed by atoms with Gasteiger partial charge in [0.25, 0.3) is 5.91 Å². The van der Waals surface area contributed by atoms with E-state index >= 15 is 0 Å². The Morgan fingerprint density at radius 2 is 1.58 bits per heavy atom. The summed E-state index contributed by atoms with van der Waals surface area (Å²) in [4.78, 5) is 49.9. The lowest BCUT2D eigenvalue weighted by molar-refractivity contribution is -0.157. The lowest BCUT2D eigenvalue weighted by Gasteiger charge is -2.18. The second-order valence-electron chi connectivity index (χ2n) is 7.57. The Morgan fingerprint density at radius 3 is 2.16 bits per heavy atom. The summed E-state index contributed by atoms with van der Waals surface area (Å²) in [6, 6.07) is 14.1. The van der Waals surface area contributed by atoms with Crippen molar-refractivity contribution in [2.75, 3.05) is 22.1 Å². The second kappa shape index (κ2) is 9.42. The Hall–Kier alpha value is -3.68. The molecule has 0 radical (unpaired) electrons. The van der Waals surface area contributed by atoms with Crippen molar-refractivity contribution >= 4 is 40.8 Å². The number of hydrogen-bond donors (Lipinski definition) is 2. The number of nitrogens with zero attached hydrogens (tertiary/aromatic N) is 1. The van der Waals surface area contributed by atoms with Gasteiger partial charge in [-0.1, -0.05) is 17.7 Å². The van der Waals surface area contributed by atoms with Crippen molar-refractivity contribution in [3.05, 3.63) is 54.1 Å². The highest BCUT2D eigenvalue weighted by Crippen LogP contribution is 2.26. The van der Waals surface area contributed by atoms with E-state index in [0.717, 1.165) is 11.3 Å². The molecule has 3 rings (SSSR count). The van der Waals surface area contributed by atoms with E-state index in [1.165, 1.54) is 13.8 Å². The van der Waals surface area contributed by atoms with E-state index in [1.54, 1.807) is 29.2 Å². The van der Waals surface area contributed by atoms with Gasteiger partial charge in [-0.3, -0.25) is 19.2 Å². The van der Waals surface area contributed by atoms with Crippen LogP contribution in [0.15, 0.2) is 48.5 Å². The van der Waals surface area contributed by atoms with Crippen LogP contribution >= 0.6 is 0 Å². The minimum Gasteiger partial charge on any atom is -0.452 e. The minimum absolute atomic E-state index is 0.0473. The number of carbonyl (C=O) groups excluding carboxylic acids is 4. The van der Waals surface area contributed by atoms with Gasteiger partial charge in [0.1, 0.15) is 0 Å². The van der Waals surface area contributed by atoms with E-state index in [0.29, 0.717) is 11.4 Å². The first-order valence-corrected chi connectivity index (χ1v) is 9.99. The molecule has 1 aliphatic rings. The fourth-order valence-electron chi connectivity index (χ4n) is 3.25. The number of aryl methyl sites for hydroxylation is 1. The summed E-state index contributed by atoms with van der Waals surface area (Å²) in [6.07, 6.45) is -0.975. The first kappa shape index (κ1) is 22.0. The topological polar surface area (TPSA) is 105 Å². The van der Waals surface area contributed by atoms with Gasteiger partial charge in [0.05, 0.1) is 5.92 Å². The van der Waals surface area contributed by atoms with Gasteiger partial charge in [-0.15, -0.1) is 0 Å². The molecule has 0 aromatic heterocycles. The molecule has 2 aromatic carbocycles. The van der Waals surface area contributed by atoms with Crippen LogP contribution in [0.25, 0.3) is 0 Å². The number of amides is 3. The maximum atomic E-state index is 12.5. The summed E-state index contributed by atoms with van der Waals surface area (Å²) < 4.78 is 5.31. The van der Waals surface area contributed by atoms with E-state index in [1.807, 2.05) is 31.2 Å². The quantitative estimate of drug-likeness (QED) is 0.695. The molecule has 0 saturated carbocycles. The molecule has 1 fully saturated rings. The van der Waals surface area contributed by atoms with Crippen LogP contribution in [-0.2, 0) is 23.9 Å². The summed E-state index contributed by atoms with van der Waals surface area (Å²) in [7, 11) is 0. The normalized spacial score (nSPS) is 16.5. The highest BCUT2D eigenvalue weighted by atomic mass is 16.5. The van der Waals surface area contributed by atoms with Crippen LogP contribution in [0.4, 0.5) is 17.1 Å². The van der Waals surface area contributed by atoms with Crippen LogP contribution in [0.1, 0.15) is 25.8 Å². The van der Waals surface area contributed by atoms with Crippen molar-refractivity contribution in [3.8, 4) is 0 Å². The second-order valence-corrected chi connectivity index (χ2v) is 7.57. The van der Waals surface area contributed by atoms with Gasteiger partial charge in [-0.2, -0.15) is 0 Å². The van der Waals surface area contributed by atoms with E-state index in [4.69, 9.17) is 4.74 Å². The number of esters is 1. The standard InChI is InChI=1S/C23H25N3O5/c1-14-4-10-20(11-5-14)26-13-17(12-21(26)28)23(30)31-15(2)22(29)25-19-8-6-18(7-9-19)24-16(3)27/h4-11,15,17H,12-13H2,1-3H3,(H,24,27)(H,25,29)/t15-,17+/m1/s1. The van der Waals surface area contributed by atoms with Gasteiger partial charge in [0.2, 0.25) is 11.8 Å². The summed E-state index contributed by atoms with van der Waals surface area (Å²) in [6.45, 7) is 5.07. The number of hydrogen-bond acceptors (Lipinski definition) is 5.